The summed E-state index contributed by atoms with van der Waals surface area (Å²) in [6, 6.07) is 2.20. The molecule has 0 aliphatic carbocycles. The number of hydrogen-bond acceptors (Lipinski definition) is 5. The maximum absolute atomic E-state index is 12.6. The van der Waals surface area contributed by atoms with Gasteiger partial charge in [-0.25, -0.2) is 0 Å². The molecule has 1 saturated heterocycles. The molecule has 6 heteroatoms. The minimum atomic E-state index is -0.945. The van der Waals surface area contributed by atoms with Crippen LogP contribution in [0.3, 0.4) is 0 Å². The van der Waals surface area contributed by atoms with Gasteiger partial charge < -0.3 is 19.1 Å². The smallest absolute Gasteiger partial charge is 0.243 e. The average molecular weight is 270 g/mol. The summed E-state index contributed by atoms with van der Waals surface area (Å²) in [6.45, 7) is 2.77. The lowest BCUT2D eigenvalue weighted by Gasteiger charge is -2.34. The molecule has 1 heterocycles. The standard InChI is InChI=1S/C13H22N2O4/c1-17-9-5-15(6-10-18-2)12(16)13(11-14)3-7-19-8-4-13/h3-10H2,1-2H3. The molecule has 0 radical (unpaired) electrons. The number of rotatable bonds is 7. The summed E-state index contributed by atoms with van der Waals surface area (Å²) in [4.78, 5) is 14.3. The van der Waals surface area contributed by atoms with Crippen molar-refractivity contribution in [3.05, 3.63) is 0 Å². The quantitative estimate of drug-likeness (QED) is 0.671. The Labute approximate surface area is 114 Å². The SMILES string of the molecule is COCCN(CCOC)C(=O)C1(C#N)CCOCC1. The summed E-state index contributed by atoms with van der Waals surface area (Å²) in [5, 5.41) is 9.40. The van der Waals surface area contributed by atoms with Gasteiger partial charge in [0, 0.05) is 40.5 Å². The van der Waals surface area contributed by atoms with Gasteiger partial charge >= 0.3 is 0 Å². The van der Waals surface area contributed by atoms with Gasteiger partial charge in [-0.3, -0.25) is 4.79 Å². The first-order valence-corrected chi connectivity index (χ1v) is 6.46. The Kier molecular flexibility index (Phi) is 6.78. The monoisotopic (exact) mass is 270 g/mol. The first-order valence-electron chi connectivity index (χ1n) is 6.46. The summed E-state index contributed by atoms with van der Waals surface area (Å²) in [5.74, 6) is -0.132. The Balaban J connectivity index is 2.74. The Bertz CT molecular complexity index is 313. The number of ether oxygens (including phenoxy) is 3. The van der Waals surface area contributed by atoms with E-state index in [4.69, 9.17) is 14.2 Å². The third kappa shape index (κ3) is 4.16. The molecule has 0 spiro atoms. The van der Waals surface area contributed by atoms with E-state index in [1.807, 2.05) is 0 Å². The van der Waals surface area contributed by atoms with Gasteiger partial charge in [0.2, 0.25) is 5.91 Å². The maximum atomic E-state index is 12.6. The molecule has 0 N–H and O–H groups in total. The van der Waals surface area contributed by atoms with Gasteiger partial charge in [0.05, 0.1) is 19.3 Å². The van der Waals surface area contributed by atoms with Gasteiger partial charge in [0.1, 0.15) is 5.41 Å². The number of carbonyl (C=O) groups is 1. The first-order chi connectivity index (χ1) is 9.20. The summed E-state index contributed by atoms with van der Waals surface area (Å²) in [6.07, 6.45) is 0.914. The van der Waals surface area contributed by atoms with Crippen molar-refractivity contribution in [2.45, 2.75) is 12.8 Å². The molecule has 1 aliphatic heterocycles. The predicted octanol–water partition coefficient (Wildman–Crippen LogP) is 0.428. The van der Waals surface area contributed by atoms with Crippen molar-refractivity contribution in [1.82, 2.24) is 4.90 Å². The highest BCUT2D eigenvalue weighted by molar-refractivity contribution is 5.85. The molecular weight excluding hydrogens is 248 g/mol. The van der Waals surface area contributed by atoms with Crippen molar-refractivity contribution in [3.63, 3.8) is 0 Å². The van der Waals surface area contributed by atoms with Crippen LogP contribution in [0.15, 0.2) is 0 Å². The molecule has 0 bridgehead atoms. The van der Waals surface area contributed by atoms with Gasteiger partial charge in [0.25, 0.3) is 0 Å². The molecule has 1 rings (SSSR count). The normalized spacial score (nSPS) is 17.7. The number of nitrogens with zero attached hydrogens (tertiary/aromatic N) is 2. The van der Waals surface area contributed by atoms with Crippen molar-refractivity contribution >= 4 is 5.91 Å². The van der Waals surface area contributed by atoms with Crippen LogP contribution in [0.2, 0.25) is 0 Å². The van der Waals surface area contributed by atoms with Crippen molar-refractivity contribution < 1.29 is 19.0 Å². The van der Waals surface area contributed by atoms with Crippen LogP contribution in [0.5, 0.6) is 0 Å². The number of carbonyl (C=O) groups excluding carboxylic acids is 1. The van der Waals surface area contributed by atoms with E-state index in [2.05, 4.69) is 6.07 Å². The first kappa shape index (κ1) is 15.9. The summed E-state index contributed by atoms with van der Waals surface area (Å²) < 4.78 is 15.3. The van der Waals surface area contributed by atoms with Crippen LogP contribution in [0.4, 0.5) is 0 Å². The maximum Gasteiger partial charge on any atom is 0.243 e. The van der Waals surface area contributed by atoms with Crippen molar-refractivity contribution in [2.75, 3.05) is 53.7 Å². The van der Waals surface area contributed by atoms with E-state index in [9.17, 15) is 10.1 Å². The molecule has 0 unspecified atom stereocenters. The van der Waals surface area contributed by atoms with Crippen LogP contribution in [0.25, 0.3) is 0 Å². The molecule has 0 atom stereocenters. The van der Waals surface area contributed by atoms with E-state index >= 15 is 0 Å². The minimum absolute atomic E-state index is 0.132. The Hall–Kier alpha value is -1.16. The second-order valence-corrected chi connectivity index (χ2v) is 4.58. The Morgan fingerprint density at radius 3 is 2.21 bits per heavy atom. The van der Waals surface area contributed by atoms with E-state index in [0.717, 1.165) is 0 Å². The third-order valence-corrected chi connectivity index (χ3v) is 3.39. The zero-order valence-corrected chi connectivity index (χ0v) is 11.7. The van der Waals surface area contributed by atoms with Crippen LogP contribution in [-0.4, -0.2) is 64.5 Å². The molecule has 1 amide bonds. The largest absolute Gasteiger partial charge is 0.383 e. The van der Waals surface area contributed by atoms with E-state index < -0.39 is 5.41 Å². The Morgan fingerprint density at radius 2 is 1.79 bits per heavy atom. The topological polar surface area (TPSA) is 71.8 Å². The predicted molar refractivity (Wildman–Crippen MR) is 68.4 cm³/mol. The molecule has 0 aromatic heterocycles. The average Bonchev–Trinajstić information content (AvgIpc) is 2.47. The van der Waals surface area contributed by atoms with Crippen molar-refractivity contribution in [2.24, 2.45) is 5.41 Å². The molecule has 108 valence electrons. The van der Waals surface area contributed by atoms with Gasteiger partial charge in [0.15, 0.2) is 0 Å². The molecular formula is C13H22N2O4. The molecule has 0 saturated carbocycles. The van der Waals surface area contributed by atoms with Crippen molar-refractivity contribution in [3.8, 4) is 6.07 Å². The van der Waals surface area contributed by atoms with Crippen LogP contribution in [0, 0.1) is 16.7 Å². The molecule has 1 aliphatic rings. The highest BCUT2D eigenvalue weighted by Gasteiger charge is 2.42. The fourth-order valence-corrected chi connectivity index (χ4v) is 2.11. The van der Waals surface area contributed by atoms with Crippen molar-refractivity contribution in [1.29, 1.82) is 5.26 Å². The van der Waals surface area contributed by atoms with Crippen LogP contribution >= 0.6 is 0 Å². The van der Waals surface area contributed by atoms with Gasteiger partial charge in [-0.05, 0) is 12.8 Å². The zero-order valence-electron chi connectivity index (χ0n) is 11.7. The van der Waals surface area contributed by atoms with E-state index in [-0.39, 0.29) is 5.91 Å². The minimum Gasteiger partial charge on any atom is -0.383 e. The number of nitriles is 1. The molecule has 6 nitrogen and oxygen atoms in total. The lowest BCUT2D eigenvalue weighted by molar-refractivity contribution is -0.144. The second kappa shape index (κ2) is 8.10. The summed E-state index contributed by atoms with van der Waals surface area (Å²) >= 11 is 0. The molecule has 0 aromatic carbocycles. The fourth-order valence-electron chi connectivity index (χ4n) is 2.11. The van der Waals surface area contributed by atoms with E-state index in [0.29, 0.717) is 52.4 Å². The second-order valence-electron chi connectivity index (χ2n) is 4.58. The van der Waals surface area contributed by atoms with Crippen LogP contribution < -0.4 is 0 Å². The van der Waals surface area contributed by atoms with Crippen LogP contribution in [0.1, 0.15) is 12.8 Å². The lowest BCUT2D eigenvalue weighted by atomic mass is 9.80. The highest BCUT2D eigenvalue weighted by Crippen LogP contribution is 2.31. The number of hydrogen-bond donors (Lipinski definition) is 0. The lowest BCUT2D eigenvalue weighted by Crippen LogP contribution is -2.48. The summed E-state index contributed by atoms with van der Waals surface area (Å²) in [7, 11) is 3.18. The number of methoxy groups -OCH3 is 2. The number of amides is 1. The van der Waals surface area contributed by atoms with Gasteiger partial charge in [-0.2, -0.15) is 5.26 Å². The van der Waals surface area contributed by atoms with Crippen LogP contribution in [-0.2, 0) is 19.0 Å². The third-order valence-electron chi connectivity index (χ3n) is 3.39. The highest BCUT2D eigenvalue weighted by atomic mass is 16.5. The van der Waals surface area contributed by atoms with Gasteiger partial charge in [-0.1, -0.05) is 0 Å². The molecule has 19 heavy (non-hydrogen) atoms. The van der Waals surface area contributed by atoms with E-state index in [1.165, 1.54) is 0 Å². The fraction of sp³-hybridized carbons (Fsp3) is 0.846. The summed E-state index contributed by atoms with van der Waals surface area (Å²) in [5.41, 5.74) is -0.945. The Morgan fingerprint density at radius 1 is 1.26 bits per heavy atom. The molecule has 0 aromatic rings. The van der Waals surface area contributed by atoms with E-state index in [1.54, 1.807) is 19.1 Å². The van der Waals surface area contributed by atoms with Gasteiger partial charge in [-0.15, -0.1) is 0 Å². The zero-order chi connectivity index (χ0) is 14.1. The molecule has 1 fully saturated rings.